The molecule has 0 saturated carbocycles. The van der Waals surface area contributed by atoms with Crippen LogP contribution in [0.1, 0.15) is 17.5 Å². The molecule has 4 rings (SSSR count). The summed E-state index contributed by atoms with van der Waals surface area (Å²) in [6.45, 7) is 0.594. The molecule has 0 fully saturated rings. The van der Waals surface area contributed by atoms with E-state index in [4.69, 9.17) is 0 Å². The second kappa shape index (κ2) is 9.38. The van der Waals surface area contributed by atoms with Crippen LogP contribution in [0.4, 0.5) is 16.2 Å². The summed E-state index contributed by atoms with van der Waals surface area (Å²) in [7, 11) is 3.36. The van der Waals surface area contributed by atoms with Gasteiger partial charge in [0.25, 0.3) is 5.91 Å². The Labute approximate surface area is 186 Å². The van der Waals surface area contributed by atoms with E-state index in [1.54, 1.807) is 51.0 Å². The van der Waals surface area contributed by atoms with Crippen LogP contribution in [0, 0.1) is 0 Å². The molecule has 0 bridgehead atoms. The van der Waals surface area contributed by atoms with Gasteiger partial charge in [-0.25, -0.2) is 4.79 Å². The summed E-state index contributed by atoms with van der Waals surface area (Å²) in [5.41, 5.74) is 5.31. The monoisotopic (exact) mass is 428 g/mol. The Morgan fingerprint density at radius 1 is 0.906 bits per heavy atom. The molecule has 3 amide bonds. The molecule has 2 N–H and O–H groups in total. The zero-order valence-corrected chi connectivity index (χ0v) is 18.0. The van der Waals surface area contributed by atoms with Crippen molar-refractivity contribution in [1.82, 2.24) is 14.9 Å². The van der Waals surface area contributed by atoms with Crippen LogP contribution >= 0.6 is 0 Å². The van der Waals surface area contributed by atoms with Gasteiger partial charge in [0.1, 0.15) is 5.71 Å². The number of carbonyl (C=O) groups excluding carboxylic acids is 2. The Hall–Kier alpha value is -4.07. The van der Waals surface area contributed by atoms with Gasteiger partial charge in [-0.3, -0.25) is 19.8 Å². The van der Waals surface area contributed by atoms with Crippen molar-refractivity contribution in [2.75, 3.05) is 31.3 Å². The Balaban J connectivity index is 1.65. The fourth-order valence-corrected chi connectivity index (χ4v) is 3.46. The number of hydrogen-bond acceptors (Lipinski definition) is 5. The highest BCUT2D eigenvalue weighted by atomic mass is 16.2. The molecule has 2 aromatic heterocycles. The first-order chi connectivity index (χ1) is 15.5. The number of pyridine rings is 2. The van der Waals surface area contributed by atoms with E-state index in [2.05, 4.69) is 25.6 Å². The number of nitrogens with one attached hydrogen (secondary N) is 2. The van der Waals surface area contributed by atoms with E-state index in [0.29, 0.717) is 23.6 Å². The first kappa shape index (κ1) is 21.2. The zero-order valence-electron chi connectivity index (χ0n) is 18.0. The lowest BCUT2D eigenvalue weighted by Gasteiger charge is -2.14. The van der Waals surface area contributed by atoms with E-state index in [9.17, 15) is 9.59 Å². The molecule has 1 aliphatic heterocycles. The number of carbonyl (C=O) groups is 2. The smallest absolute Gasteiger partial charge is 0.321 e. The maximum absolute atomic E-state index is 13.0. The summed E-state index contributed by atoms with van der Waals surface area (Å²) in [4.78, 5) is 39.3. The molecule has 0 radical (unpaired) electrons. The molecular formula is C24H24N6O2. The van der Waals surface area contributed by atoms with Crippen molar-refractivity contribution in [3.63, 3.8) is 0 Å². The van der Waals surface area contributed by atoms with Crippen LogP contribution in [0.15, 0.2) is 66.2 Å². The number of aryl methyl sites for hydroxylation is 1. The Kier molecular flexibility index (Phi) is 6.21. The summed E-state index contributed by atoms with van der Waals surface area (Å²) in [5, 5.41) is 5.72. The van der Waals surface area contributed by atoms with Gasteiger partial charge in [0.15, 0.2) is 0 Å². The quantitative estimate of drug-likeness (QED) is 0.663. The Morgan fingerprint density at radius 3 is 2.50 bits per heavy atom. The van der Waals surface area contributed by atoms with Crippen molar-refractivity contribution in [3.8, 4) is 11.1 Å². The van der Waals surface area contributed by atoms with E-state index < -0.39 is 0 Å². The van der Waals surface area contributed by atoms with Gasteiger partial charge in [0.2, 0.25) is 0 Å². The van der Waals surface area contributed by atoms with Gasteiger partial charge < -0.3 is 15.5 Å². The van der Waals surface area contributed by atoms with Crippen LogP contribution in [0.3, 0.4) is 0 Å². The van der Waals surface area contributed by atoms with E-state index in [0.717, 1.165) is 35.1 Å². The molecule has 0 saturated heterocycles. The Bertz CT molecular complexity index is 1170. The average Bonchev–Trinajstić information content (AvgIpc) is 3.02. The molecule has 0 atom stereocenters. The van der Waals surface area contributed by atoms with Crippen LogP contribution in [0.2, 0.25) is 0 Å². The topological polar surface area (TPSA) is 99.6 Å². The molecule has 3 aromatic rings. The van der Waals surface area contributed by atoms with E-state index in [1.165, 1.54) is 4.90 Å². The van der Waals surface area contributed by atoms with E-state index in [-0.39, 0.29) is 11.9 Å². The predicted molar refractivity (Wildman–Crippen MR) is 125 cm³/mol. The fraction of sp³-hybridized carbons (Fsp3) is 0.208. The highest BCUT2D eigenvalue weighted by Crippen LogP contribution is 2.27. The van der Waals surface area contributed by atoms with Crippen molar-refractivity contribution >= 4 is 29.0 Å². The third kappa shape index (κ3) is 4.80. The molecule has 1 aliphatic rings. The van der Waals surface area contributed by atoms with Gasteiger partial charge in [-0.05, 0) is 48.2 Å². The van der Waals surface area contributed by atoms with Crippen LogP contribution in [0.25, 0.3) is 11.1 Å². The first-order valence-corrected chi connectivity index (χ1v) is 10.3. The summed E-state index contributed by atoms with van der Waals surface area (Å²) in [5.74, 6) is -0.248. The number of urea groups is 1. The van der Waals surface area contributed by atoms with Gasteiger partial charge in [0.05, 0.1) is 11.9 Å². The van der Waals surface area contributed by atoms with Gasteiger partial charge >= 0.3 is 6.03 Å². The number of anilines is 2. The Morgan fingerprint density at radius 2 is 1.72 bits per heavy atom. The fourth-order valence-electron chi connectivity index (χ4n) is 3.46. The number of aromatic nitrogens is 2. The lowest BCUT2D eigenvalue weighted by atomic mass is 9.95. The molecular weight excluding hydrogens is 404 g/mol. The van der Waals surface area contributed by atoms with Crippen LogP contribution < -0.4 is 10.6 Å². The largest absolute Gasteiger partial charge is 0.331 e. The van der Waals surface area contributed by atoms with Crippen LogP contribution in [-0.2, 0) is 11.2 Å². The third-order valence-electron chi connectivity index (χ3n) is 5.12. The average molecular weight is 428 g/mol. The lowest BCUT2D eigenvalue weighted by molar-refractivity contribution is -0.110. The molecule has 3 heterocycles. The molecule has 0 unspecified atom stereocenters. The number of rotatable bonds is 4. The van der Waals surface area contributed by atoms with Gasteiger partial charge in [0, 0.05) is 56.0 Å². The number of nitrogens with zero attached hydrogens (tertiary/aromatic N) is 4. The van der Waals surface area contributed by atoms with E-state index in [1.807, 2.05) is 24.3 Å². The van der Waals surface area contributed by atoms with Crippen molar-refractivity contribution in [2.24, 2.45) is 4.99 Å². The van der Waals surface area contributed by atoms with Crippen LogP contribution in [-0.4, -0.2) is 53.2 Å². The normalized spacial score (nSPS) is 12.8. The molecule has 0 aliphatic carbocycles. The van der Waals surface area contributed by atoms with Gasteiger partial charge in [-0.15, -0.1) is 0 Å². The second-order valence-electron chi connectivity index (χ2n) is 7.68. The number of amides is 3. The van der Waals surface area contributed by atoms with Crippen LogP contribution in [0.5, 0.6) is 0 Å². The second-order valence-corrected chi connectivity index (χ2v) is 7.68. The van der Waals surface area contributed by atoms with Gasteiger partial charge in [-0.1, -0.05) is 12.1 Å². The van der Waals surface area contributed by atoms with Crippen molar-refractivity contribution in [3.05, 3.63) is 72.3 Å². The highest BCUT2D eigenvalue weighted by Gasteiger charge is 2.21. The van der Waals surface area contributed by atoms with Gasteiger partial charge in [-0.2, -0.15) is 0 Å². The lowest BCUT2D eigenvalue weighted by Crippen LogP contribution is -2.27. The number of fused-ring (bicyclic) bond motifs is 1. The summed E-state index contributed by atoms with van der Waals surface area (Å²) >= 11 is 0. The number of benzene rings is 1. The number of aliphatic imine (C=N–C) groups is 1. The highest BCUT2D eigenvalue weighted by molar-refractivity contribution is 6.49. The van der Waals surface area contributed by atoms with Crippen molar-refractivity contribution < 1.29 is 9.59 Å². The summed E-state index contributed by atoms with van der Waals surface area (Å²) < 4.78 is 0. The number of hydrogen-bond donors (Lipinski definition) is 2. The zero-order chi connectivity index (χ0) is 22.5. The third-order valence-corrected chi connectivity index (χ3v) is 5.12. The predicted octanol–water partition coefficient (Wildman–Crippen LogP) is 3.61. The SMILES string of the molecule is CN(C)C(=O)Nc1cncc(-c2ccc3c(c2)C(C(=O)Nc2ccncc2)=NCCC3)c1. The molecule has 8 nitrogen and oxygen atoms in total. The maximum Gasteiger partial charge on any atom is 0.321 e. The molecule has 0 spiro atoms. The minimum atomic E-state index is -0.248. The summed E-state index contributed by atoms with van der Waals surface area (Å²) in [6.07, 6.45) is 8.33. The minimum Gasteiger partial charge on any atom is -0.331 e. The standard InChI is InChI=1S/C24H24N6O2/c1-30(2)24(32)29-20-12-18(14-26-15-20)17-6-5-16-4-3-9-27-22(21(16)13-17)23(31)28-19-7-10-25-11-8-19/h5-8,10-15H,3-4,9H2,1-2H3,(H,29,32)(H,25,28,31). The minimum absolute atomic E-state index is 0.229. The van der Waals surface area contributed by atoms with Crippen molar-refractivity contribution in [2.45, 2.75) is 12.8 Å². The first-order valence-electron chi connectivity index (χ1n) is 10.3. The maximum atomic E-state index is 13.0. The molecule has 1 aromatic carbocycles. The van der Waals surface area contributed by atoms with E-state index >= 15 is 0 Å². The summed E-state index contributed by atoms with van der Waals surface area (Å²) in [6, 6.07) is 11.1. The molecule has 8 heteroatoms. The molecule has 32 heavy (non-hydrogen) atoms. The van der Waals surface area contributed by atoms with Crippen molar-refractivity contribution in [1.29, 1.82) is 0 Å². The molecule has 162 valence electrons.